The summed E-state index contributed by atoms with van der Waals surface area (Å²) in [6, 6.07) is 8.50. The maximum absolute atomic E-state index is 14.2. The van der Waals surface area contributed by atoms with E-state index in [0.717, 1.165) is 11.6 Å². The third-order valence-corrected chi connectivity index (χ3v) is 8.36. The molecule has 4 rings (SSSR count). The molecule has 2 aromatic rings. The number of nitrogens with zero attached hydrogens (tertiary/aromatic N) is 3. The Kier molecular flexibility index (Phi) is 8.15. The lowest BCUT2D eigenvalue weighted by atomic mass is 9.96. The molecule has 2 fully saturated rings. The number of methoxy groups -OCH3 is 1. The lowest BCUT2D eigenvalue weighted by molar-refractivity contribution is -0.168. The van der Waals surface area contributed by atoms with Gasteiger partial charge in [-0.1, -0.05) is 23.7 Å². The van der Waals surface area contributed by atoms with Crippen LogP contribution in [0.1, 0.15) is 19.4 Å². The number of fused-ring (bicyclic) bond motifs is 1. The Bertz CT molecular complexity index is 1210. The topological polar surface area (TPSA) is 99.3 Å². The molecule has 0 aliphatic carbocycles. The van der Waals surface area contributed by atoms with E-state index in [4.69, 9.17) is 16.3 Å². The number of amides is 3. The molecule has 2 aromatic carbocycles. The molecule has 12 heteroatoms. The summed E-state index contributed by atoms with van der Waals surface area (Å²) in [6.45, 7) is 3.73. The second-order valence-corrected chi connectivity index (χ2v) is 11.0. The molecule has 4 atom stereocenters. The van der Waals surface area contributed by atoms with Gasteiger partial charge in [0.25, 0.3) is 0 Å². The highest BCUT2D eigenvalue weighted by atomic mass is 35.5. The van der Waals surface area contributed by atoms with E-state index in [2.05, 4.69) is 5.32 Å². The zero-order valence-electron chi connectivity index (χ0n) is 20.6. The third-order valence-electron chi connectivity index (χ3n) is 6.59. The highest BCUT2D eigenvalue weighted by molar-refractivity contribution is 7.82. The monoisotopic (exact) mass is 550 g/mol. The molecule has 0 bridgehead atoms. The van der Waals surface area contributed by atoms with Crippen molar-refractivity contribution in [3.8, 4) is 5.75 Å². The predicted octanol–water partition coefficient (Wildman–Crippen LogP) is 1.96. The normalized spacial score (nSPS) is 23.1. The number of hydrogen-bond donors (Lipinski definition) is 1. The summed E-state index contributed by atoms with van der Waals surface area (Å²) in [5.74, 6) is -1.09. The van der Waals surface area contributed by atoms with Crippen molar-refractivity contribution in [3.05, 3.63) is 58.9 Å². The average molecular weight is 551 g/mol. The van der Waals surface area contributed by atoms with Gasteiger partial charge in [0.2, 0.25) is 18.2 Å². The van der Waals surface area contributed by atoms with Crippen LogP contribution < -0.4 is 10.1 Å². The van der Waals surface area contributed by atoms with E-state index in [0.29, 0.717) is 11.4 Å². The second-order valence-electron chi connectivity index (χ2n) is 9.14. The zero-order valence-corrected chi connectivity index (χ0v) is 22.2. The third kappa shape index (κ3) is 5.34. The first kappa shape index (κ1) is 27.0. The van der Waals surface area contributed by atoms with Crippen molar-refractivity contribution in [2.24, 2.45) is 0 Å². The Labute approximate surface area is 222 Å². The van der Waals surface area contributed by atoms with Gasteiger partial charge in [-0.15, -0.1) is 0 Å². The molecule has 0 radical (unpaired) electrons. The average Bonchev–Trinajstić information content (AvgIpc) is 2.87. The van der Waals surface area contributed by atoms with Crippen molar-refractivity contribution in [2.45, 2.75) is 49.5 Å². The number of ether oxygens (including phenoxy) is 1. The SMILES string of the molecule is COc1ccc(F)cc1S(=O)N1CC(NC=O)C(=O)N2C(Cc3ccc(Cl)cc3)C(=O)N(C(C)C)CC21. The molecule has 2 heterocycles. The van der Waals surface area contributed by atoms with Crippen LogP contribution in [-0.4, -0.2) is 81.0 Å². The minimum Gasteiger partial charge on any atom is -0.495 e. The molecule has 2 aliphatic heterocycles. The standard InChI is InChI=1S/C25H28ClFN4O5S/c1-15(2)29-13-23-30(37(35)22-11-18(27)8-9-21(22)36-3)12-19(28-14-32)24(33)31(23)20(25(29)34)10-16-4-6-17(26)7-5-16/h4-9,11,14-15,19-20,23H,10,12-13H2,1-3H3,(H,28,32). The van der Waals surface area contributed by atoms with E-state index < -0.39 is 41.0 Å². The molecule has 0 spiro atoms. The minimum absolute atomic E-state index is 0.0869. The molecule has 198 valence electrons. The minimum atomic E-state index is -1.99. The van der Waals surface area contributed by atoms with Crippen LogP contribution in [0.15, 0.2) is 47.4 Å². The van der Waals surface area contributed by atoms with Gasteiger partial charge in [-0.2, -0.15) is 4.31 Å². The molecule has 2 saturated heterocycles. The molecule has 9 nitrogen and oxygen atoms in total. The van der Waals surface area contributed by atoms with E-state index in [1.807, 2.05) is 13.8 Å². The first-order valence-corrected chi connectivity index (χ1v) is 13.2. The second kappa shape index (κ2) is 11.2. The van der Waals surface area contributed by atoms with Gasteiger partial charge in [0.1, 0.15) is 40.8 Å². The van der Waals surface area contributed by atoms with Crippen LogP contribution in [0.5, 0.6) is 5.75 Å². The van der Waals surface area contributed by atoms with E-state index in [1.54, 1.807) is 29.2 Å². The lowest BCUT2D eigenvalue weighted by Gasteiger charge is -2.54. The summed E-state index contributed by atoms with van der Waals surface area (Å²) < 4.78 is 34.9. The Morgan fingerprint density at radius 3 is 2.49 bits per heavy atom. The molecule has 4 unspecified atom stereocenters. The van der Waals surface area contributed by atoms with Gasteiger partial charge in [-0.3, -0.25) is 14.4 Å². The molecular formula is C25H28ClFN4O5S. The molecule has 2 aliphatic rings. The highest BCUT2D eigenvalue weighted by Gasteiger charge is 2.52. The number of piperazine rings is 1. The molecule has 37 heavy (non-hydrogen) atoms. The predicted molar refractivity (Wildman–Crippen MR) is 135 cm³/mol. The van der Waals surface area contributed by atoms with Gasteiger partial charge in [0.15, 0.2) is 0 Å². The van der Waals surface area contributed by atoms with Gasteiger partial charge in [0.05, 0.1) is 18.6 Å². The molecule has 3 amide bonds. The fourth-order valence-electron chi connectivity index (χ4n) is 4.75. The number of carbonyl (C=O) groups is 3. The molecule has 1 N–H and O–H groups in total. The number of nitrogens with one attached hydrogen (secondary N) is 1. The Balaban J connectivity index is 1.80. The lowest BCUT2D eigenvalue weighted by Crippen LogP contribution is -2.75. The molecular weight excluding hydrogens is 523 g/mol. The van der Waals surface area contributed by atoms with Crippen molar-refractivity contribution < 1.29 is 27.7 Å². The largest absolute Gasteiger partial charge is 0.495 e. The van der Waals surface area contributed by atoms with Gasteiger partial charge >= 0.3 is 0 Å². The van der Waals surface area contributed by atoms with Crippen LogP contribution in [0.3, 0.4) is 0 Å². The first-order chi connectivity index (χ1) is 17.7. The maximum atomic E-state index is 14.2. The van der Waals surface area contributed by atoms with Crippen molar-refractivity contribution in [2.75, 3.05) is 20.2 Å². The van der Waals surface area contributed by atoms with Gasteiger partial charge in [-0.25, -0.2) is 8.60 Å². The first-order valence-electron chi connectivity index (χ1n) is 11.7. The van der Waals surface area contributed by atoms with Crippen molar-refractivity contribution >= 4 is 40.8 Å². The van der Waals surface area contributed by atoms with E-state index in [-0.39, 0.29) is 42.1 Å². The van der Waals surface area contributed by atoms with Crippen LogP contribution >= 0.6 is 11.6 Å². The summed E-state index contributed by atoms with van der Waals surface area (Å²) in [5.41, 5.74) is 0.782. The van der Waals surface area contributed by atoms with Gasteiger partial charge in [-0.05, 0) is 49.7 Å². The fraction of sp³-hybridized carbons (Fsp3) is 0.400. The van der Waals surface area contributed by atoms with Crippen LogP contribution in [0, 0.1) is 5.82 Å². The van der Waals surface area contributed by atoms with Gasteiger partial charge < -0.3 is 19.9 Å². The summed E-state index contributed by atoms with van der Waals surface area (Å²) >= 11 is 6.03. The number of halogens is 2. The van der Waals surface area contributed by atoms with Crippen LogP contribution in [-0.2, 0) is 31.8 Å². The van der Waals surface area contributed by atoms with Crippen molar-refractivity contribution in [1.82, 2.24) is 19.4 Å². The fourth-order valence-corrected chi connectivity index (χ4v) is 6.34. The molecule has 0 saturated carbocycles. The van der Waals surface area contributed by atoms with Crippen LogP contribution in [0.25, 0.3) is 0 Å². The summed E-state index contributed by atoms with van der Waals surface area (Å²) in [5, 5.41) is 3.03. The molecule has 0 aromatic heterocycles. The summed E-state index contributed by atoms with van der Waals surface area (Å²) in [7, 11) is -0.602. The zero-order chi connectivity index (χ0) is 26.9. The van der Waals surface area contributed by atoms with E-state index in [9.17, 15) is 23.0 Å². The summed E-state index contributed by atoms with van der Waals surface area (Å²) in [6.07, 6.45) is -0.199. The van der Waals surface area contributed by atoms with Crippen molar-refractivity contribution in [1.29, 1.82) is 0 Å². The Hall–Kier alpha value is -3.02. The number of benzene rings is 2. The maximum Gasteiger partial charge on any atom is 0.248 e. The van der Waals surface area contributed by atoms with Crippen LogP contribution in [0.4, 0.5) is 4.39 Å². The quantitative estimate of drug-likeness (QED) is 0.507. The van der Waals surface area contributed by atoms with Gasteiger partial charge in [0, 0.05) is 24.0 Å². The van der Waals surface area contributed by atoms with E-state index >= 15 is 0 Å². The van der Waals surface area contributed by atoms with E-state index in [1.165, 1.54) is 28.4 Å². The Morgan fingerprint density at radius 1 is 1.16 bits per heavy atom. The smallest absolute Gasteiger partial charge is 0.248 e. The number of rotatable bonds is 8. The Morgan fingerprint density at radius 2 is 1.86 bits per heavy atom. The number of carbonyl (C=O) groups excluding carboxylic acids is 3. The van der Waals surface area contributed by atoms with Crippen LogP contribution in [0.2, 0.25) is 5.02 Å². The summed E-state index contributed by atoms with van der Waals surface area (Å²) in [4.78, 5) is 41.7. The number of hydrogen-bond acceptors (Lipinski definition) is 5. The van der Waals surface area contributed by atoms with Crippen molar-refractivity contribution in [3.63, 3.8) is 0 Å². The highest BCUT2D eigenvalue weighted by Crippen LogP contribution is 2.33.